The van der Waals surface area contributed by atoms with Gasteiger partial charge < -0.3 is 15.3 Å². The minimum absolute atomic E-state index is 0.0352. The first kappa shape index (κ1) is 18.7. The van der Waals surface area contributed by atoms with Crippen LogP contribution in [0.4, 0.5) is 5.69 Å². The zero-order valence-electron chi connectivity index (χ0n) is 16.3. The monoisotopic (exact) mass is 382 g/mol. The number of aromatic nitrogens is 2. The van der Waals surface area contributed by atoms with Crippen molar-refractivity contribution in [2.24, 2.45) is 11.8 Å². The second kappa shape index (κ2) is 7.39. The molecular weight excluding hydrogens is 356 g/mol. The number of aliphatic hydroxyl groups excluding tert-OH is 1. The van der Waals surface area contributed by atoms with Gasteiger partial charge in [-0.2, -0.15) is 5.10 Å². The van der Waals surface area contributed by atoms with Gasteiger partial charge in [-0.3, -0.25) is 14.3 Å². The molecule has 2 N–H and O–H groups in total. The number of carbonyl (C=O) groups excluding carboxylic acids is 2. The van der Waals surface area contributed by atoms with Gasteiger partial charge in [-0.15, -0.1) is 0 Å². The summed E-state index contributed by atoms with van der Waals surface area (Å²) < 4.78 is 1.90. The Hall–Kier alpha value is -2.67. The zero-order chi connectivity index (χ0) is 19.8. The van der Waals surface area contributed by atoms with Gasteiger partial charge in [0, 0.05) is 56.0 Å². The number of hydrogen-bond donors (Lipinski definition) is 2. The van der Waals surface area contributed by atoms with Crippen molar-refractivity contribution in [3.63, 3.8) is 0 Å². The third kappa shape index (κ3) is 3.30. The maximum Gasteiger partial charge on any atom is 0.254 e. The smallest absolute Gasteiger partial charge is 0.254 e. The fraction of sp³-hybridized carbons (Fsp3) is 0.476. The van der Waals surface area contributed by atoms with Crippen molar-refractivity contribution in [1.82, 2.24) is 14.7 Å². The van der Waals surface area contributed by atoms with Crippen LogP contribution in [0.5, 0.6) is 0 Å². The summed E-state index contributed by atoms with van der Waals surface area (Å²) in [6.07, 6.45) is 4.81. The summed E-state index contributed by atoms with van der Waals surface area (Å²) in [4.78, 5) is 26.4. The summed E-state index contributed by atoms with van der Waals surface area (Å²) in [5, 5.41) is 16.9. The molecule has 2 aliphatic rings. The summed E-state index contributed by atoms with van der Waals surface area (Å²) in [6.45, 7) is 3.97. The molecule has 7 heteroatoms. The predicted octanol–water partition coefficient (Wildman–Crippen LogP) is 2.19. The fourth-order valence-electron chi connectivity index (χ4n) is 3.83. The lowest BCUT2D eigenvalue weighted by molar-refractivity contribution is 0.0361. The second-order valence-electron chi connectivity index (χ2n) is 7.91. The number of aliphatic hydroxyl groups is 1. The average molecular weight is 382 g/mol. The van der Waals surface area contributed by atoms with E-state index in [2.05, 4.69) is 10.4 Å². The largest absolute Gasteiger partial charge is 0.396 e. The molecule has 0 radical (unpaired) electrons. The highest BCUT2D eigenvalue weighted by Gasteiger charge is 2.32. The Morgan fingerprint density at radius 2 is 2.07 bits per heavy atom. The fourth-order valence-corrected chi connectivity index (χ4v) is 3.83. The van der Waals surface area contributed by atoms with Gasteiger partial charge in [-0.25, -0.2) is 0 Å². The van der Waals surface area contributed by atoms with E-state index in [0.29, 0.717) is 30.1 Å². The molecular formula is C21H26N4O3. The molecule has 1 saturated heterocycles. The van der Waals surface area contributed by atoms with Crippen molar-refractivity contribution in [3.05, 3.63) is 35.0 Å². The maximum absolute atomic E-state index is 13.0. The van der Waals surface area contributed by atoms with E-state index in [4.69, 9.17) is 0 Å². The van der Waals surface area contributed by atoms with Crippen molar-refractivity contribution in [2.75, 3.05) is 32.1 Å². The third-order valence-electron chi connectivity index (χ3n) is 5.74. The lowest BCUT2D eigenvalue weighted by Crippen LogP contribution is -2.51. The van der Waals surface area contributed by atoms with Crippen molar-refractivity contribution in [1.29, 1.82) is 0 Å². The van der Waals surface area contributed by atoms with Crippen LogP contribution >= 0.6 is 0 Å². The Kier molecular flexibility index (Phi) is 4.93. The molecule has 7 nitrogen and oxygen atoms in total. The van der Waals surface area contributed by atoms with Gasteiger partial charge in [-0.1, -0.05) is 0 Å². The molecule has 1 saturated carbocycles. The zero-order valence-corrected chi connectivity index (χ0v) is 16.3. The average Bonchev–Trinajstić information content (AvgIpc) is 3.38. The van der Waals surface area contributed by atoms with E-state index in [1.165, 1.54) is 12.8 Å². The maximum atomic E-state index is 13.0. The van der Waals surface area contributed by atoms with Gasteiger partial charge in [0.2, 0.25) is 0 Å². The molecule has 1 aromatic heterocycles. The van der Waals surface area contributed by atoms with Gasteiger partial charge in [0.05, 0.1) is 17.5 Å². The number of likely N-dealkylation sites (tertiary alicyclic amines) is 1. The normalized spacial score (nSPS) is 16.8. The first-order chi connectivity index (χ1) is 13.5. The molecule has 0 spiro atoms. The van der Waals surface area contributed by atoms with Gasteiger partial charge in [-0.05, 0) is 43.4 Å². The Bertz CT molecular complexity index is 911. The van der Waals surface area contributed by atoms with Crippen molar-refractivity contribution < 1.29 is 14.7 Å². The summed E-state index contributed by atoms with van der Waals surface area (Å²) >= 11 is 0. The van der Waals surface area contributed by atoms with Crippen LogP contribution in [0.3, 0.4) is 0 Å². The Balaban J connectivity index is 1.75. The summed E-state index contributed by atoms with van der Waals surface area (Å²) in [7, 11) is 1.84. The highest BCUT2D eigenvalue weighted by molar-refractivity contribution is 6.00. The number of benzene rings is 1. The highest BCUT2D eigenvalue weighted by atomic mass is 16.3. The molecule has 0 unspecified atom stereocenters. The molecule has 2 aromatic rings. The number of aryl methyl sites for hydroxylation is 1. The van der Waals surface area contributed by atoms with Crippen LogP contribution in [0.1, 0.15) is 39.1 Å². The first-order valence-corrected chi connectivity index (χ1v) is 9.79. The van der Waals surface area contributed by atoms with E-state index in [9.17, 15) is 14.7 Å². The molecule has 2 heterocycles. The van der Waals surface area contributed by atoms with Gasteiger partial charge >= 0.3 is 0 Å². The van der Waals surface area contributed by atoms with Crippen LogP contribution in [0.15, 0.2) is 18.3 Å². The quantitative estimate of drug-likeness (QED) is 0.717. The van der Waals surface area contributed by atoms with Gasteiger partial charge in [0.1, 0.15) is 0 Å². The van der Waals surface area contributed by atoms with Gasteiger partial charge in [0.15, 0.2) is 6.29 Å². The van der Waals surface area contributed by atoms with Crippen LogP contribution in [0, 0.1) is 18.8 Å². The van der Waals surface area contributed by atoms with E-state index in [1.807, 2.05) is 30.8 Å². The lowest BCUT2D eigenvalue weighted by atomic mass is 9.95. The molecule has 1 aliphatic heterocycles. The van der Waals surface area contributed by atoms with Crippen LogP contribution in [-0.4, -0.2) is 58.7 Å². The van der Waals surface area contributed by atoms with E-state index in [1.54, 1.807) is 11.1 Å². The van der Waals surface area contributed by atoms with Crippen LogP contribution in [-0.2, 0) is 6.54 Å². The Morgan fingerprint density at radius 1 is 1.32 bits per heavy atom. The highest BCUT2D eigenvalue weighted by Crippen LogP contribution is 2.37. The molecule has 28 heavy (non-hydrogen) atoms. The van der Waals surface area contributed by atoms with Crippen LogP contribution < -0.4 is 5.32 Å². The van der Waals surface area contributed by atoms with E-state index in [-0.39, 0.29) is 18.4 Å². The SMILES string of the molecule is CNc1cc(C)c(C(=O)N2CC(CO)C2)cc1-c1c(C=O)cnn1CC1CC1. The van der Waals surface area contributed by atoms with Crippen LogP contribution in [0.2, 0.25) is 0 Å². The number of rotatable bonds is 7. The van der Waals surface area contributed by atoms with E-state index >= 15 is 0 Å². The minimum atomic E-state index is -0.0352. The Labute approximate surface area is 164 Å². The number of aldehydes is 1. The number of nitrogens with one attached hydrogen (secondary N) is 1. The van der Waals surface area contributed by atoms with Crippen molar-refractivity contribution in [2.45, 2.75) is 26.3 Å². The molecule has 4 rings (SSSR count). The number of amides is 1. The van der Waals surface area contributed by atoms with Crippen molar-refractivity contribution >= 4 is 17.9 Å². The summed E-state index contributed by atoms with van der Waals surface area (Å²) in [5.74, 6) is 0.744. The number of anilines is 1. The minimum Gasteiger partial charge on any atom is -0.396 e. The molecule has 0 atom stereocenters. The van der Waals surface area contributed by atoms with E-state index < -0.39 is 0 Å². The number of hydrogen-bond acceptors (Lipinski definition) is 5. The molecule has 2 fully saturated rings. The third-order valence-corrected chi connectivity index (χ3v) is 5.74. The number of nitrogens with zero attached hydrogens (tertiary/aromatic N) is 3. The molecule has 1 aliphatic carbocycles. The summed E-state index contributed by atoms with van der Waals surface area (Å²) in [5.41, 5.74) is 4.48. The molecule has 0 bridgehead atoms. The molecule has 1 amide bonds. The van der Waals surface area contributed by atoms with E-state index in [0.717, 1.165) is 35.3 Å². The first-order valence-electron chi connectivity index (χ1n) is 9.79. The predicted molar refractivity (Wildman–Crippen MR) is 107 cm³/mol. The van der Waals surface area contributed by atoms with Crippen molar-refractivity contribution in [3.8, 4) is 11.3 Å². The lowest BCUT2D eigenvalue weighted by Gasteiger charge is -2.38. The standard InChI is InChI=1S/C21H26N4O3/c1-13-5-19(22-2)18(6-17(13)21(28)24-8-15(9-24)11-26)20-16(12-27)7-23-25(20)10-14-3-4-14/h5-7,12,14-15,22,26H,3-4,8-11H2,1-2H3. The molecule has 148 valence electrons. The Morgan fingerprint density at radius 3 is 2.68 bits per heavy atom. The topological polar surface area (TPSA) is 87.5 Å². The van der Waals surface area contributed by atoms with Crippen LogP contribution in [0.25, 0.3) is 11.3 Å². The second-order valence-corrected chi connectivity index (χ2v) is 7.91. The molecule has 1 aromatic carbocycles. The summed E-state index contributed by atoms with van der Waals surface area (Å²) in [6, 6.07) is 3.83. The van der Waals surface area contributed by atoms with Gasteiger partial charge in [0.25, 0.3) is 5.91 Å². The number of carbonyl (C=O) groups is 2.